The minimum atomic E-state index is -0.0574. The quantitative estimate of drug-likeness (QED) is 0.872. The Kier molecular flexibility index (Phi) is 3.66. The van der Waals surface area contributed by atoms with E-state index < -0.39 is 0 Å². The molecule has 120 valence electrons. The highest BCUT2D eigenvalue weighted by Crippen LogP contribution is 2.35. The number of nitrogens with one attached hydrogen (secondary N) is 1. The Bertz CT molecular complexity index is 733. The summed E-state index contributed by atoms with van der Waals surface area (Å²) in [4.78, 5) is 7.57. The number of anilines is 1. The van der Waals surface area contributed by atoms with Crippen LogP contribution in [0.1, 0.15) is 24.0 Å². The van der Waals surface area contributed by atoms with Crippen LogP contribution in [0.25, 0.3) is 0 Å². The highest BCUT2D eigenvalue weighted by molar-refractivity contribution is 6.31. The largest absolute Gasteiger partial charge is 0.472 e. The van der Waals surface area contributed by atoms with E-state index in [0.29, 0.717) is 0 Å². The molecule has 2 aliphatic heterocycles. The Labute approximate surface area is 141 Å². The highest BCUT2D eigenvalue weighted by atomic mass is 35.5. The second-order valence-electron chi connectivity index (χ2n) is 6.46. The van der Waals surface area contributed by atoms with Crippen molar-refractivity contribution in [1.82, 2.24) is 5.32 Å². The van der Waals surface area contributed by atoms with Gasteiger partial charge in [-0.3, -0.25) is 4.99 Å². The molecule has 23 heavy (non-hydrogen) atoms. The van der Waals surface area contributed by atoms with E-state index >= 15 is 0 Å². The molecule has 1 N–H and O–H groups in total. The van der Waals surface area contributed by atoms with Gasteiger partial charge in [0, 0.05) is 35.4 Å². The van der Waals surface area contributed by atoms with Crippen molar-refractivity contribution in [2.24, 2.45) is 4.99 Å². The third kappa shape index (κ3) is 2.66. The second-order valence-corrected chi connectivity index (χ2v) is 6.90. The number of furan rings is 1. The van der Waals surface area contributed by atoms with Gasteiger partial charge in [0.15, 0.2) is 0 Å². The number of piperidine rings is 1. The maximum Gasteiger partial charge on any atom is 0.0996 e. The third-order valence-corrected chi connectivity index (χ3v) is 5.07. The van der Waals surface area contributed by atoms with Crippen molar-refractivity contribution in [3.05, 3.63) is 52.9 Å². The molecule has 0 atom stereocenters. The summed E-state index contributed by atoms with van der Waals surface area (Å²) in [6, 6.07) is 8.03. The smallest absolute Gasteiger partial charge is 0.0996 e. The third-order valence-electron chi connectivity index (χ3n) is 4.83. The normalized spacial score (nSPS) is 20.1. The Morgan fingerprint density at radius 1 is 1.26 bits per heavy atom. The summed E-state index contributed by atoms with van der Waals surface area (Å²) in [7, 11) is 2.14. The van der Waals surface area contributed by atoms with Gasteiger partial charge < -0.3 is 14.6 Å². The van der Waals surface area contributed by atoms with Gasteiger partial charge in [0.2, 0.25) is 0 Å². The molecule has 0 unspecified atom stereocenters. The van der Waals surface area contributed by atoms with E-state index in [4.69, 9.17) is 21.0 Å². The van der Waals surface area contributed by atoms with E-state index in [1.165, 1.54) is 5.69 Å². The van der Waals surface area contributed by atoms with Crippen molar-refractivity contribution >= 4 is 23.0 Å². The van der Waals surface area contributed by atoms with Crippen LogP contribution in [0.3, 0.4) is 0 Å². The lowest BCUT2D eigenvalue weighted by atomic mass is 9.88. The first-order valence-corrected chi connectivity index (χ1v) is 8.39. The molecule has 2 aromatic rings. The summed E-state index contributed by atoms with van der Waals surface area (Å²) in [5.41, 5.74) is 4.20. The van der Waals surface area contributed by atoms with E-state index in [0.717, 1.165) is 54.3 Å². The number of halogens is 1. The number of fused-ring (bicyclic) bond motifs is 1. The first-order valence-electron chi connectivity index (χ1n) is 8.01. The van der Waals surface area contributed by atoms with E-state index in [2.05, 4.69) is 23.3 Å². The van der Waals surface area contributed by atoms with Crippen LogP contribution >= 0.6 is 11.6 Å². The molecule has 0 bridgehead atoms. The molecule has 0 radical (unpaired) electrons. The lowest BCUT2D eigenvalue weighted by Crippen LogP contribution is -2.47. The van der Waals surface area contributed by atoms with E-state index in [9.17, 15) is 0 Å². The first kappa shape index (κ1) is 14.8. The van der Waals surface area contributed by atoms with Crippen LogP contribution in [0.5, 0.6) is 0 Å². The lowest BCUT2D eigenvalue weighted by Gasteiger charge is -2.36. The molecular formula is C18H20ClN3O. The topological polar surface area (TPSA) is 40.8 Å². The number of nitrogens with zero attached hydrogens (tertiary/aromatic N) is 2. The zero-order chi connectivity index (χ0) is 15.9. The number of hydrogen-bond acceptors (Lipinski definition) is 4. The summed E-state index contributed by atoms with van der Waals surface area (Å²) in [6.07, 6.45) is 5.55. The molecule has 0 aliphatic carbocycles. The summed E-state index contributed by atoms with van der Waals surface area (Å²) in [5.74, 6) is 0. The molecule has 1 aromatic carbocycles. The van der Waals surface area contributed by atoms with Crippen LogP contribution in [-0.4, -0.2) is 37.9 Å². The summed E-state index contributed by atoms with van der Waals surface area (Å²) < 4.78 is 5.32. The maximum atomic E-state index is 6.27. The molecule has 1 spiro atoms. The maximum absolute atomic E-state index is 6.27. The number of hydrogen-bond donors (Lipinski definition) is 1. The van der Waals surface area contributed by atoms with E-state index in [-0.39, 0.29) is 5.54 Å². The van der Waals surface area contributed by atoms with Gasteiger partial charge in [-0.25, -0.2) is 0 Å². The fourth-order valence-corrected chi connectivity index (χ4v) is 3.84. The summed E-state index contributed by atoms with van der Waals surface area (Å²) in [6.45, 7) is 2.94. The number of rotatable bonds is 1. The van der Waals surface area contributed by atoms with Gasteiger partial charge in [-0.2, -0.15) is 0 Å². The van der Waals surface area contributed by atoms with Gasteiger partial charge in [0.1, 0.15) is 0 Å². The van der Waals surface area contributed by atoms with Gasteiger partial charge >= 0.3 is 0 Å². The molecule has 0 saturated carbocycles. The van der Waals surface area contributed by atoms with Gasteiger partial charge in [0.05, 0.1) is 23.8 Å². The van der Waals surface area contributed by atoms with E-state index in [1.807, 2.05) is 18.2 Å². The van der Waals surface area contributed by atoms with Crippen LogP contribution in [-0.2, 0) is 0 Å². The molecule has 1 fully saturated rings. The van der Waals surface area contributed by atoms with Crippen molar-refractivity contribution in [3.8, 4) is 0 Å². The minimum absolute atomic E-state index is 0.0574. The van der Waals surface area contributed by atoms with Crippen LogP contribution in [0.4, 0.5) is 5.69 Å². The van der Waals surface area contributed by atoms with Crippen molar-refractivity contribution in [3.63, 3.8) is 0 Å². The summed E-state index contributed by atoms with van der Waals surface area (Å²) in [5, 5.41) is 4.18. The van der Waals surface area contributed by atoms with Gasteiger partial charge in [0.25, 0.3) is 0 Å². The van der Waals surface area contributed by atoms with Gasteiger partial charge in [-0.1, -0.05) is 11.6 Å². The molecule has 2 aliphatic rings. The van der Waals surface area contributed by atoms with Crippen LogP contribution in [0, 0.1) is 0 Å². The Hall–Kier alpha value is -1.78. The number of likely N-dealkylation sites (N-methyl/N-ethyl adjacent to an activating group) is 1. The fraction of sp³-hybridized carbons (Fsp3) is 0.389. The predicted octanol–water partition coefficient (Wildman–Crippen LogP) is 3.34. The van der Waals surface area contributed by atoms with Gasteiger partial charge in [-0.15, -0.1) is 0 Å². The van der Waals surface area contributed by atoms with Crippen molar-refractivity contribution in [2.45, 2.75) is 18.4 Å². The minimum Gasteiger partial charge on any atom is -0.472 e. The van der Waals surface area contributed by atoms with E-state index in [1.54, 1.807) is 12.5 Å². The van der Waals surface area contributed by atoms with Crippen molar-refractivity contribution in [1.29, 1.82) is 0 Å². The number of benzene rings is 1. The van der Waals surface area contributed by atoms with Crippen LogP contribution < -0.4 is 10.2 Å². The Morgan fingerprint density at radius 2 is 2.09 bits per heavy atom. The molecular weight excluding hydrogens is 310 g/mol. The standard InChI is InChI=1S/C18H20ClN3O/c1-22-12-18(5-7-20-8-6-18)21-17(13-4-9-23-11-13)15-10-14(19)2-3-16(15)22/h2-4,9-11,20H,5-8,12H2,1H3. The molecule has 1 aromatic heterocycles. The highest BCUT2D eigenvalue weighted by Gasteiger charge is 2.36. The Morgan fingerprint density at radius 3 is 2.83 bits per heavy atom. The average molecular weight is 330 g/mol. The zero-order valence-electron chi connectivity index (χ0n) is 13.2. The SMILES string of the molecule is CN1CC2(CCNCC2)N=C(c2ccoc2)c2cc(Cl)ccc21. The molecule has 0 amide bonds. The van der Waals surface area contributed by atoms with Crippen LogP contribution in [0.15, 0.2) is 46.2 Å². The first-order chi connectivity index (χ1) is 11.2. The Balaban J connectivity index is 1.92. The van der Waals surface area contributed by atoms with Gasteiger partial charge in [-0.05, 0) is 50.2 Å². The molecule has 4 nitrogen and oxygen atoms in total. The zero-order valence-corrected chi connectivity index (χ0v) is 13.9. The average Bonchev–Trinajstić information content (AvgIpc) is 3.04. The lowest BCUT2D eigenvalue weighted by molar-refractivity contribution is 0.319. The predicted molar refractivity (Wildman–Crippen MR) is 93.9 cm³/mol. The summed E-state index contributed by atoms with van der Waals surface area (Å²) >= 11 is 6.27. The van der Waals surface area contributed by atoms with Crippen LogP contribution in [0.2, 0.25) is 5.02 Å². The molecule has 4 rings (SSSR count). The monoisotopic (exact) mass is 329 g/mol. The fourth-order valence-electron chi connectivity index (χ4n) is 3.67. The second kappa shape index (κ2) is 5.69. The van der Waals surface area contributed by atoms with Crippen molar-refractivity contribution < 1.29 is 4.42 Å². The van der Waals surface area contributed by atoms with Crippen molar-refractivity contribution in [2.75, 3.05) is 31.6 Å². The molecule has 5 heteroatoms. The molecule has 1 saturated heterocycles. The number of aliphatic imine (C=N–C) groups is 1. The molecule has 3 heterocycles.